The molecule has 2 N–H and O–H groups in total. The molecule has 0 spiro atoms. The molecule has 0 aromatic carbocycles. The van der Waals surface area contributed by atoms with Gasteiger partial charge < -0.3 is 10.3 Å². The van der Waals surface area contributed by atoms with Crippen molar-refractivity contribution in [1.29, 1.82) is 0 Å². The number of H-pyrrole nitrogens is 1. The summed E-state index contributed by atoms with van der Waals surface area (Å²) in [4.78, 5) is 13.4. The van der Waals surface area contributed by atoms with E-state index in [1.165, 1.54) is 6.07 Å². The van der Waals surface area contributed by atoms with Gasteiger partial charge in [0.2, 0.25) is 5.56 Å². The van der Waals surface area contributed by atoms with Crippen molar-refractivity contribution in [2.24, 2.45) is 0 Å². The first-order valence-electron chi connectivity index (χ1n) is 3.11. The molecule has 1 aromatic heterocycles. The zero-order chi connectivity index (χ0) is 7.56. The minimum absolute atomic E-state index is 0.0741. The standard InChI is InChI=1S/C7H10N2O/c1-5-3-4-6(10)9-7(5)8-2/h3-4H,1-2H3,(H2,8,9,10). The smallest absolute Gasteiger partial charge is 0.249 e. The molecule has 0 radical (unpaired) electrons. The number of hydrogen-bond acceptors (Lipinski definition) is 2. The Balaban J connectivity index is 3.22. The van der Waals surface area contributed by atoms with Crippen LogP contribution in [0.2, 0.25) is 0 Å². The molecule has 3 heteroatoms. The zero-order valence-electron chi connectivity index (χ0n) is 6.06. The molecular formula is C7H10N2O. The van der Waals surface area contributed by atoms with Crippen LogP contribution >= 0.6 is 0 Å². The van der Waals surface area contributed by atoms with Crippen LogP contribution in [0, 0.1) is 6.92 Å². The first-order chi connectivity index (χ1) is 4.74. The summed E-state index contributed by atoms with van der Waals surface area (Å²) in [6.45, 7) is 1.93. The van der Waals surface area contributed by atoms with Crippen molar-refractivity contribution in [3.05, 3.63) is 28.0 Å². The molecule has 0 saturated heterocycles. The molecule has 0 unspecified atom stereocenters. The average Bonchev–Trinajstić information content (AvgIpc) is 1.94. The topological polar surface area (TPSA) is 44.9 Å². The lowest BCUT2D eigenvalue weighted by Gasteiger charge is -2.01. The average molecular weight is 138 g/mol. The zero-order valence-corrected chi connectivity index (χ0v) is 6.06. The van der Waals surface area contributed by atoms with E-state index < -0.39 is 0 Å². The highest BCUT2D eigenvalue weighted by atomic mass is 16.1. The molecule has 0 aliphatic heterocycles. The molecule has 0 aliphatic carbocycles. The van der Waals surface area contributed by atoms with Crippen LogP contribution in [-0.4, -0.2) is 12.0 Å². The number of hydrogen-bond donors (Lipinski definition) is 2. The van der Waals surface area contributed by atoms with Gasteiger partial charge in [-0.1, -0.05) is 6.07 Å². The molecule has 3 nitrogen and oxygen atoms in total. The van der Waals surface area contributed by atoms with Crippen LogP contribution in [0.15, 0.2) is 16.9 Å². The van der Waals surface area contributed by atoms with Gasteiger partial charge in [-0.2, -0.15) is 0 Å². The summed E-state index contributed by atoms with van der Waals surface area (Å²) in [5, 5.41) is 2.88. The summed E-state index contributed by atoms with van der Waals surface area (Å²) in [5.41, 5.74) is 0.969. The van der Waals surface area contributed by atoms with Gasteiger partial charge in [-0.05, 0) is 12.5 Å². The number of aromatic nitrogens is 1. The van der Waals surface area contributed by atoms with E-state index in [9.17, 15) is 4.79 Å². The van der Waals surface area contributed by atoms with Crippen LogP contribution in [0.1, 0.15) is 5.56 Å². The van der Waals surface area contributed by atoms with Gasteiger partial charge >= 0.3 is 0 Å². The SMILES string of the molecule is CNc1[nH]c(=O)ccc1C. The molecule has 0 bridgehead atoms. The maximum Gasteiger partial charge on any atom is 0.249 e. The lowest BCUT2D eigenvalue weighted by Crippen LogP contribution is -2.07. The van der Waals surface area contributed by atoms with E-state index in [2.05, 4.69) is 10.3 Å². The van der Waals surface area contributed by atoms with E-state index in [0.717, 1.165) is 11.4 Å². The fraction of sp³-hybridized carbons (Fsp3) is 0.286. The third-order valence-corrected chi connectivity index (χ3v) is 1.38. The van der Waals surface area contributed by atoms with Crippen LogP contribution < -0.4 is 10.9 Å². The van der Waals surface area contributed by atoms with Crippen molar-refractivity contribution in [3.63, 3.8) is 0 Å². The molecule has 0 aliphatic rings. The summed E-state index contributed by atoms with van der Waals surface area (Å²) in [7, 11) is 1.78. The lowest BCUT2D eigenvalue weighted by molar-refractivity contribution is 1.18. The van der Waals surface area contributed by atoms with Gasteiger partial charge in [0.1, 0.15) is 5.82 Å². The summed E-state index contributed by atoms with van der Waals surface area (Å²) < 4.78 is 0. The Kier molecular flexibility index (Phi) is 1.76. The predicted molar refractivity (Wildman–Crippen MR) is 41.3 cm³/mol. The van der Waals surface area contributed by atoms with E-state index >= 15 is 0 Å². The first-order valence-corrected chi connectivity index (χ1v) is 3.11. The Bertz CT molecular complexity index is 277. The Labute approximate surface area is 59.1 Å². The van der Waals surface area contributed by atoms with E-state index in [-0.39, 0.29) is 5.56 Å². The van der Waals surface area contributed by atoms with Gasteiger partial charge in [0, 0.05) is 13.1 Å². The number of rotatable bonds is 1. The van der Waals surface area contributed by atoms with Crippen molar-refractivity contribution >= 4 is 5.82 Å². The predicted octanol–water partition coefficient (Wildman–Crippen LogP) is 0.725. The van der Waals surface area contributed by atoms with Gasteiger partial charge in [0.25, 0.3) is 0 Å². The highest BCUT2D eigenvalue weighted by molar-refractivity contribution is 5.41. The Hall–Kier alpha value is -1.25. The van der Waals surface area contributed by atoms with Crippen molar-refractivity contribution in [1.82, 2.24) is 4.98 Å². The molecule has 0 fully saturated rings. The van der Waals surface area contributed by atoms with Crippen molar-refractivity contribution in [2.75, 3.05) is 12.4 Å². The minimum Gasteiger partial charge on any atom is -0.374 e. The van der Waals surface area contributed by atoms with E-state index in [0.29, 0.717) is 0 Å². The van der Waals surface area contributed by atoms with Crippen LogP contribution in [0.3, 0.4) is 0 Å². The normalized spacial score (nSPS) is 9.40. The Morgan fingerprint density at radius 2 is 2.20 bits per heavy atom. The van der Waals surface area contributed by atoms with Gasteiger partial charge in [-0.25, -0.2) is 0 Å². The number of nitrogens with one attached hydrogen (secondary N) is 2. The van der Waals surface area contributed by atoms with E-state index in [1.807, 2.05) is 6.92 Å². The Morgan fingerprint density at radius 1 is 1.50 bits per heavy atom. The van der Waals surface area contributed by atoms with Crippen LogP contribution in [0.4, 0.5) is 5.82 Å². The summed E-state index contributed by atoms with van der Waals surface area (Å²) in [5.74, 6) is 0.785. The molecule has 1 rings (SSSR count). The van der Waals surface area contributed by atoms with E-state index in [1.54, 1.807) is 13.1 Å². The molecule has 10 heavy (non-hydrogen) atoms. The second-order valence-electron chi connectivity index (χ2n) is 2.13. The summed E-state index contributed by atoms with van der Waals surface area (Å²) in [6, 6.07) is 3.29. The second-order valence-corrected chi connectivity index (χ2v) is 2.13. The quantitative estimate of drug-likeness (QED) is 0.600. The van der Waals surface area contributed by atoms with E-state index in [4.69, 9.17) is 0 Å². The molecule has 0 amide bonds. The minimum atomic E-state index is -0.0741. The third kappa shape index (κ3) is 1.18. The largest absolute Gasteiger partial charge is 0.374 e. The highest BCUT2D eigenvalue weighted by Gasteiger charge is 1.92. The maximum absolute atomic E-state index is 10.7. The third-order valence-electron chi connectivity index (χ3n) is 1.38. The summed E-state index contributed by atoms with van der Waals surface area (Å²) >= 11 is 0. The number of anilines is 1. The Morgan fingerprint density at radius 3 is 2.70 bits per heavy atom. The molecule has 0 atom stereocenters. The van der Waals surface area contributed by atoms with Gasteiger partial charge in [-0.15, -0.1) is 0 Å². The number of pyridine rings is 1. The first kappa shape index (κ1) is 6.86. The van der Waals surface area contributed by atoms with Crippen molar-refractivity contribution in [2.45, 2.75) is 6.92 Å². The fourth-order valence-electron chi connectivity index (χ4n) is 0.807. The molecule has 1 heterocycles. The number of aryl methyl sites for hydroxylation is 1. The fourth-order valence-corrected chi connectivity index (χ4v) is 0.807. The van der Waals surface area contributed by atoms with Gasteiger partial charge in [-0.3, -0.25) is 4.79 Å². The maximum atomic E-state index is 10.7. The summed E-state index contributed by atoms with van der Waals surface area (Å²) in [6.07, 6.45) is 0. The molecule has 54 valence electrons. The lowest BCUT2D eigenvalue weighted by atomic mass is 10.3. The van der Waals surface area contributed by atoms with Crippen molar-refractivity contribution < 1.29 is 0 Å². The molecule has 1 aromatic rings. The van der Waals surface area contributed by atoms with Gasteiger partial charge in [0.05, 0.1) is 0 Å². The molecular weight excluding hydrogens is 128 g/mol. The van der Waals surface area contributed by atoms with Crippen molar-refractivity contribution in [3.8, 4) is 0 Å². The number of aromatic amines is 1. The van der Waals surface area contributed by atoms with Crippen LogP contribution in [0.25, 0.3) is 0 Å². The van der Waals surface area contributed by atoms with Crippen LogP contribution in [-0.2, 0) is 0 Å². The molecule has 0 saturated carbocycles. The van der Waals surface area contributed by atoms with Gasteiger partial charge in [0.15, 0.2) is 0 Å². The monoisotopic (exact) mass is 138 g/mol. The second kappa shape index (κ2) is 2.56. The van der Waals surface area contributed by atoms with Crippen LogP contribution in [0.5, 0.6) is 0 Å². The highest BCUT2D eigenvalue weighted by Crippen LogP contribution is 2.04.